The average Bonchev–Trinajstić information content (AvgIpc) is 2.59. The standard InChI is InChI=1S/C18H20N4O3/c1-10-11(2)22(12(3)23)15-6-5-13(17(24)25)9-14(15)16(10)21-18-19-7-4-8-20-18/h4-11,16H,1-3H3,(H,24,25)(H,19,20,21)/t10?,11-,16?/m0/s1. The lowest BCUT2D eigenvalue weighted by Crippen LogP contribution is -2.48. The second kappa shape index (κ2) is 6.51. The van der Waals surface area contributed by atoms with Gasteiger partial charge in [-0.25, -0.2) is 14.8 Å². The fraction of sp³-hybridized carbons (Fsp3) is 0.333. The van der Waals surface area contributed by atoms with E-state index in [9.17, 15) is 14.7 Å². The van der Waals surface area contributed by atoms with Gasteiger partial charge < -0.3 is 15.3 Å². The van der Waals surface area contributed by atoms with Crippen molar-refractivity contribution in [3.05, 3.63) is 47.8 Å². The summed E-state index contributed by atoms with van der Waals surface area (Å²) in [5, 5.41) is 12.6. The van der Waals surface area contributed by atoms with Crippen LogP contribution in [0.25, 0.3) is 0 Å². The summed E-state index contributed by atoms with van der Waals surface area (Å²) in [4.78, 5) is 33.7. The predicted octanol–water partition coefficient (Wildman–Crippen LogP) is 2.72. The van der Waals surface area contributed by atoms with Crippen molar-refractivity contribution in [1.29, 1.82) is 0 Å². The van der Waals surface area contributed by atoms with Gasteiger partial charge in [-0.2, -0.15) is 0 Å². The summed E-state index contributed by atoms with van der Waals surface area (Å²) in [5.74, 6) is -0.574. The van der Waals surface area contributed by atoms with Crippen molar-refractivity contribution in [3.8, 4) is 0 Å². The molecule has 2 unspecified atom stereocenters. The molecule has 0 saturated heterocycles. The number of carboxylic acid groups (broad SMARTS) is 1. The molecule has 130 valence electrons. The number of hydrogen-bond donors (Lipinski definition) is 2. The third-order valence-electron chi connectivity index (χ3n) is 4.75. The highest BCUT2D eigenvalue weighted by atomic mass is 16.4. The zero-order valence-corrected chi connectivity index (χ0v) is 14.3. The first-order valence-corrected chi connectivity index (χ1v) is 8.10. The Morgan fingerprint density at radius 3 is 2.48 bits per heavy atom. The maximum Gasteiger partial charge on any atom is 0.335 e. The molecule has 7 heteroatoms. The van der Waals surface area contributed by atoms with Crippen molar-refractivity contribution in [2.45, 2.75) is 32.9 Å². The Balaban J connectivity index is 2.11. The van der Waals surface area contributed by atoms with E-state index in [0.29, 0.717) is 5.95 Å². The van der Waals surface area contributed by atoms with E-state index in [-0.39, 0.29) is 29.5 Å². The minimum absolute atomic E-state index is 0.0317. The van der Waals surface area contributed by atoms with Crippen molar-refractivity contribution in [2.75, 3.05) is 10.2 Å². The van der Waals surface area contributed by atoms with Crippen LogP contribution >= 0.6 is 0 Å². The fourth-order valence-corrected chi connectivity index (χ4v) is 3.35. The van der Waals surface area contributed by atoms with Crippen molar-refractivity contribution in [1.82, 2.24) is 9.97 Å². The normalized spacial score (nSPS) is 22.2. The second-order valence-electron chi connectivity index (χ2n) is 6.26. The van der Waals surface area contributed by atoms with Crippen LogP contribution in [0, 0.1) is 5.92 Å². The largest absolute Gasteiger partial charge is 0.478 e. The quantitative estimate of drug-likeness (QED) is 0.892. The molecular formula is C18H20N4O3. The lowest BCUT2D eigenvalue weighted by atomic mass is 9.82. The molecule has 0 fully saturated rings. The van der Waals surface area contributed by atoms with E-state index in [1.54, 1.807) is 35.5 Å². The Bertz CT molecular complexity index is 809. The molecule has 1 aliphatic heterocycles. The van der Waals surface area contributed by atoms with Crippen LogP contribution in [0.5, 0.6) is 0 Å². The Morgan fingerprint density at radius 1 is 1.20 bits per heavy atom. The van der Waals surface area contributed by atoms with Gasteiger partial charge in [-0.3, -0.25) is 4.79 Å². The highest BCUT2D eigenvalue weighted by molar-refractivity contribution is 5.95. The fourth-order valence-electron chi connectivity index (χ4n) is 3.35. The molecule has 3 rings (SSSR count). The predicted molar refractivity (Wildman–Crippen MR) is 93.6 cm³/mol. The number of nitrogens with one attached hydrogen (secondary N) is 1. The molecule has 0 radical (unpaired) electrons. The average molecular weight is 340 g/mol. The van der Waals surface area contributed by atoms with E-state index in [1.165, 1.54) is 13.0 Å². The highest BCUT2D eigenvalue weighted by Crippen LogP contribution is 2.42. The molecule has 2 aromatic rings. The number of nitrogens with zero attached hydrogens (tertiary/aromatic N) is 3. The number of amides is 1. The van der Waals surface area contributed by atoms with Gasteiger partial charge in [-0.1, -0.05) is 6.92 Å². The Morgan fingerprint density at radius 2 is 1.88 bits per heavy atom. The van der Waals surface area contributed by atoms with Crippen LogP contribution in [0.3, 0.4) is 0 Å². The molecule has 1 aromatic heterocycles. The van der Waals surface area contributed by atoms with E-state index in [0.717, 1.165) is 11.3 Å². The molecule has 0 bridgehead atoms. The summed E-state index contributed by atoms with van der Waals surface area (Å²) in [7, 11) is 0. The second-order valence-corrected chi connectivity index (χ2v) is 6.26. The van der Waals surface area contributed by atoms with Gasteiger partial charge in [0.1, 0.15) is 0 Å². The van der Waals surface area contributed by atoms with E-state index >= 15 is 0 Å². The van der Waals surface area contributed by atoms with Crippen LogP contribution in [-0.4, -0.2) is 33.0 Å². The molecule has 0 spiro atoms. The molecule has 2 heterocycles. The Hall–Kier alpha value is -2.96. The smallest absolute Gasteiger partial charge is 0.335 e. The van der Waals surface area contributed by atoms with E-state index in [2.05, 4.69) is 15.3 Å². The van der Waals surface area contributed by atoms with Crippen LogP contribution in [0.2, 0.25) is 0 Å². The number of aromatic carboxylic acids is 1. The third-order valence-corrected chi connectivity index (χ3v) is 4.75. The molecule has 1 aliphatic rings. The van der Waals surface area contributed by atoms with Gasteiger partial charge in [0.25, 0.3) is 0 Å². The zero-order valence-electron chi connectivity index (χ0n) is 14.3. The molecule has 0 saturated carbocycles. The van der Waals surface area contributed by atoms with Crippen LogP contribution in [-0.2, 0) is 4.79 Å². The van der Waals surface area contributed by atoms with Crippen LogP contribution < -0.4 is 10.2 Å². The number of aromatic nitrogens is 2. The lowest BCUT2D eigenvalue weighted by molar-refractivity contribution is -0.117. The molecular weight excluding hydrogens is 320 g/mol. The van der Waals surface area contributed by atoms with E-state index < -0.39 is 5.97 Å². The summed E-state index contributed by atoms with van der Waals surface area (Å²) in [5.41, 5.74) is 1.66. The summed E-state index contributed by atoms with van der Waals surface area (Å²) in [6, 6.07) is 6.31. The Labute approximate surface area is 145 Å². The van der Waals surface area contributed by atoms with Gasteiger partial charge in [0.15, 0.2) is 0 Å². The van der Waals surface area contributed by atoms with Gasteiger partial charge in [0.2, 0.25) is 11.9 Å². The summed E-state index contributed by atoms with van der Waals surface area (Å²) < 4.78 is 0. The zero-order chi connectivity index (χ0) is 18.1. The van der Waals surface area contributed by atoms with E-state index in [1.807, 2.05) is 13.8 Å². The van der Waals surface area contributed by atoms with Crippen LogP contribution in [0.1, 0.15) is 42.7 Å². The summed E-state index contributed by atoms with van der Waals surface area (Å²) in [6.45, 7) is 5.53. The summed E-state index contributed by atoms with van der Waals surface area (Å²) in [6.07, 6.45) is 3.28. The number of carbonyl (C=O) groups excluding carboxylic acids is 1. The van der Waals surface area contributed by atoms with Crippen molar-refractivity contribution >= 4 is 23.5 Å². The molecule has 1 aromatic carbocycles. The molecule has 25 heavy (non-hydrogen) atoms. The molecule has 0 aliphatic carbocycles. The molecule has 1 amide bonds. The highest BCUT2D eigenvalue weighted by Gasteiger charge is 2.38. The molecule has 3 atom stereocenters. The first-order chi connectivity index (χ1) is 11.9. The number of rotatable bonds is 3. The number of fused-ring (bicyclic) bond motifs is 1. The first-order valence-electron chi connectivity index (χ1n) is 8.10. The number of anilines is 2. The third kappa shape index (κ3) is 3.05. The maximum atomic E-state index is 12.2. The van der Waals surface area contributed by atoms with Gasteiger partial charge >= 0.3 is 5.97 Å². The topological polar surface area (TPSA) is 95.4 Å². The number of carbonyl (C=O) groups is 2. The van der Waals surface area contributed by atoms with Gasteiger partial charge in [-0.05, 0) is 36.8 Å². The van der Waals surface area contributed by atoms with E-state index in [4.69, 9.17) is 0 Å². The van der Waals surface area contributed by atoms with Crippen molar-refractivity contribution in [2.24, 2.45) is 5.92 Å². The van der Waals surface area contributed by atoms with Crippen molar-refractivity contribution < 1.29 is 14.7 Å². The van der Waals surface area contributed by atoms with Gasteiger partial charge in [0, 0.05) is 37.0 Å². The number of benzene rings is 1. The summed E-state index contributed by atoms with van der Waals surface area (Å²) >= 11 is 0. The number of carboxylic acids is 1. The monoisotopic (exact) mass is 340 g/mol. The van der Waals surface area contributed by atoms with Crippen LogP contribution in [0.4, 0.5) is 11.6 Å². The van der Waals surface area contributed by atoms with Crippen LogP contribution in [0.15, 0.2) is 36.7 Å². The number of hydrogen-bond acceptors (Lipinski definition) is 5. The van der Waals surface area contributed by atoms with Crippen molar-refractivity contribution in [3.63, 3.8) is 0 Å². The van der Waals surface area contributed by atoms with Gasteiger partial charge in [0.05, 0.1) is 11.6 Å². The minimum atomic E-state index is -1.00. The SMILES string of the molecule is CC(=O)N1c2ccc(C(=O)O)cc2C(Nc2ncccn2)C(C)[C@@H]1C. The lowest BCUT2D eigenvalue weighted by Gasteiger charge is -2.43. The van der Waals surface area contributed by atoms with Gasteiger partial charge in [-0.15, -0.1) is 0 Å². The maximum absolute atomic E-state index is 12.2. The minimum Gasteiger partial charge on any atom is -0.478 e. The molecule has 2 N–H and O–H groups in total. The molecule has 7 nitrogen and oxygen atoms in total. The Kier molecular flexibility index (Phi) is 4.39. The first kappa shape index (κ1) is 16.9.